The predicted molar refractivity (Wildman–Crippen MR) is 116 cm³/mol. The van der Waals surface area contributed by atoms with Crippen LogP contribution >= 0.6 is 12.2 Å². The number of hydrogen-bond donors (Lipinski definition) is 2. The third kappa shape index (κ3) is 5.85. The quantitative estimate of drug-likeness (QED) is 0.593. The molecule has 0 amide bonds. The van der Waals surface area contributed by atoms with Gasteiger partial charge in [0.1, 0.15) is 0 Å². The van der Waals surface area contributed by atoms with Gasteiger partial charge >= 0.3 is 6.18 Å². The molecule has 2 aromatic carbocycles. The van der Waals surface area contributed by atoms with Crippen molar-refractivity contribution < 1.29 is 13.2 Å². The molecule has 1 aliphatic heterocycles. The number of anilines is 2. The first kappa shape index (κ1) is 21.4. The molecule has 1 aliphatic rings. The molecule has 0 saturated carbocycles. The van der Waals surface area contributed by atoms with Gasteiger partial charge in [0.2, 0.25) is 0 Å². The second-order valence-corrected chi connectivity index (χ2v) is 8.09. The number of piperidine rings is 1. The van der Waals surface area contributed by atoms with Gasteiger partial charge in [0.25, 0.3) is 0 Å². The van der Waals surface area contributed by atoms with Crippen molar-refractivity contribution >= 4 is 28.7 Å². The monoisotopic (exact) mass is 421 g/mol. The zero-order valence-corrected chi connectivity index (χ0v) is 17.4. The van der Waals surface area contributed by atoms with E-state index in [0.29, 0.717) is 10.8 Å². The molecule has 29 heavy (non-hydrogen) atoms. The molecule has 7 heteroatoms. The zero-order valence-electron chi connectivity index (χ0n) is 16.6. The number of thiocarbonyl (C=S) groups is 1. The fourth-order valence-electron chi connectivity index (χ4n) is 3.59. The van der Waals surface area contributed by atoms with Gasteiger partial charge in [-0.1, -0.05) is 19.1 Å². The molecule has 2 atom stereocenters. The fourth-order valence-corrected chi connectivity index (χ4v) is 3.88. The lowest BCUT2D eigenvalue weighted by Gasteiger charge is -2.33. The highest BCUT2D eigenvalue weighted by Crippen LogP contribution is 2.30. The first-order valence-electron chi connectivity index (χ1n) is 9.82. The van der Waals surface area contributed by atoms with Gasteiger partial charge in [-0.15, -0.1) is 0 Å². The number of nitrogens with one attached hydrogen (secondary N) is 2. The van der Waals surface area contributed by atoms with Crippen LogP contribution in [0.2, 0.25) is 0 Å². The van der Waals surface area contributed by atoms with Crippen LogP contribution in [0.3, 0.4) is 0 Å². The standard InChI is InChI=1S/C22H26F3N3S/c1-15-4-3-13-28(14-15)20-11-5-17(6-12-20)16(2)26-21(29)27-19-9-7-18(8-10-19)22(23,24)25/h5-12,15-16H,3-4,13-14H2,1-2H3,(H2,26,27,29)/t15-,16-/m1/s1. The third-order valence-electron chi connectivity index (χ3n) is 5.23. The molecule has 0 spiro atoms. The van der Waals surface area contributed by atoms with E-state index in [0.717, 1.165) is 36.7 Å². The van der Waals surface area contributed by atoms with Gasteiger partial charge in [0.05, 0.1) is 11.6 Å². The van der Waals surface area contributed by atoms with Gasteiger partial charge in [-0.2, -0.15) is 13.2 Å². The maximum atomic E-state index is 12.6. The maximum absolute atomic E-state index is 12.6. The summed E-state index contributed by atoms with van der Waals surface area (Å²) in [5, 5.41) is 6.48. The largest absolute Gasteiger partial charge is 0.416 e. The van der Waals surface area contributed by atoms with Crippen LogP contribution in [0.1, 0.15) is 43.9 Å². The summed E-state index contributed by atoms with van der Waals surface area (Å²) in [5.74, 6) is 0.720. The van der Waals surface area contributed by atoms with Gasteiger partial charge < -0.3 is 15.5 Å². The Kier molecular flexibility index (Phi) is 6.67. The van der Waals surface area contributed by atoms with E-state index in [1.165, 1.54) is 30.7 Å². The van der Waals surface area contributed by atoms with E-state index in [2.05, 4.69) is 46.7 Å². The summed E-state index contributed by atoms with van der Waals surface area (Å²) < 4.78 is 37.9. The van der Waals surface area contributed by atoms with E-state index < -0.39 is 11.7 Å². The number of benzene rings is 2. The molecular weight excluding hydrogens is 395 g/mol. The molecule has 0 radical (unpaired) electrons. The number of halogens is 3. The van der Waals surface area contributed by atoms with Crippen molar-refractivity contribution in [1.29, 1.82) is 0 Å². The van der Waals surface area contributed by atoms with Gasteiger partial charge in [0, 0.05) is 24.5 Å². The minimum absolute atomic E-state index is 0.0289. The smallest absolute Gasteiger partial charge is 0.371 e. The fraction of sp³-hybridized carbons (Fsp3) is 0.409. The highest BCUT2D eigenvalue weighted by molar-refractivity contribution is 7.80. The number of alkyl halides is 3. The Labute approximate surface area is 175 Å². The van der Waals surface area contributed by atoms with Gasteiger partial charge in [0.15, 0.2) is 5.11 Å². The molecule has 1 heterocycles. The van der Waals surface area contributed by atoms with Crippen molar-refractivity contribution in [3.05, 3.63) is 59.7 Å². The Morgan fingerprint density at radius 2 is 1.76 bits per heavy atom. The van der Waals surface area contributed by atoms with E-state index in [9.17, 15) is 13.2 Å². The summed E-state index contributed by atoms with van der Waals surface area (Å²) in [5.41, 5.74) is 2.16. The average molecular weight is 422 g/mol. The Morgan fingerprint density at radius 3 is 2.34 bits per heavy atom. The Morgan fingerprint density at radius 1 is 1.10 bits per heavy atom. The lowest BCUT2D eigenvalue weighted by molar-refractivity contribution is -0.137. The molecular formula is C22H26F3N3S. The molecule has 0 aliphatic carbocycles. The Balaban J connectivity index is 1.55. The maximum Gasteiger partial charge on any atom is 0.416 e. The van der Waals surface area contributed by atoms with Crippen LogP contribution in [0.15, 0.2) is 48.5 Å². The van der Waals surface area contributed by atoms with E-state index in [-0.39, 0.29) is 6.04 Å². The van der Waals surface area contributed by atoms with Crippen LogP contribution in [0.5, 0.6) is 0 Å². The molecule has 0 unspecified atom stereocenters. The molecule has 3 rings (SSSR count). The lowest BCUT2D eigenvalue weighted by Crippen LogP contribution is -2.34. The molecule has 2 N–H and O–H groups in total. The van der Waals surface area contributed by atoms with Crippen molar-refractivity contribution in [1.82, 2.24) is 5.32 Å². The van der Waals surface area contributed by atoms with Crippen LogP contribution in [-0.2, 0) is 6.18 Å². The molecule has 0 aromatic heterocycles. The summed E-state index contributed by atoms with van der Waals surface area (Å²) in [6, 6.07) is 13.2. The normalized spacial score (nSPS) is 18.2. The number of hydrogen-bond acceptors (Lipinski definition) is 2. The molecule has 1 fully saturated rings. The lowest BCUT2D eigenvalue weighted by atomic mass is 9.99. The SMILES string of the molecule is C[C@@H]1CCCN(c2ccc([C@@H](C)NC(=S)Nc3ccc(C(F)(F)F)cc3)cc2)C1. The molecule has 2 aromatic rings. The van der Waals surface area contributed by atoms with Gasteiger partial charge in [-0.05, 0) is 79.9 Å². The van der Waals surface area contributed by atoms with Crippen molar-refractivity contribution in [3.63, 3.8) is 0 Å². The summed E-state index contributed by atoms with van der Waals surface area (Å²) >= 11 is 5.31. The number of nitrogens with zero attached hydrogens (tertiary/aromatic N) is 1. The van der Waals surface area contributed by atoms with Crippen LogP contribution in [0, 0.1) is 5.92 Å². The van der Waals surface area contributed by atoms with Crippen LogP contribution in [0.25, 0.3) is 0 Å². The highest BCUT2D eigenvalue weighted by atomic mass is 32.1. The Hall–Kier alpha value is -2.28. The minimum Gasteiger partial charge on any atom is -0.371 e. The van der Waals surface area contributed by atoms with Crippen LogP contribution in [-0.4, -0.2) is 18.2 Å². The van der Waals surface area contributed by atoms with Crippen molar-refractivity contribution in [2.24, 2.45) is 5.92 Å². The molecule has 3 nitrogen and oxygen atoms in total. The van der Waals surface area contributed by atoms with Gasteiger partial charge in [-0.25, -0.2) is 0 Å². The van der Waals surface area contributed by atoms with Crippen molar-refractivity contribution in [3.8, 4) is 0 Å². The average Bonchev–Trinajstić information content (AvgIpc) is 2.67. The first-order chi connectivity index (χ1) is 13.7. The van der Waals surface area contributed by atoms with Gasteiger partial charge in [-0.3, -0.25) is 0 Å². The Bertz CT molecular complexity index is 819. The topological polar surface area (TPSA) is 27.3 Å². The zero-order chi connectivity index (χ0) is 21.0. The third-order valence-corrected chi connectivity index (χ3v) is 5.45. The van der Waals surface area contributed by atoms with E-state index >= 15 is 0 Å². The summed E-state index contributed by atoms with van der Waals surface area (Å²) in [6.07, 6.45) is -1.83. The molecule has 0 bridgehead atoms. The van der Waals surface area contributed by atoms with Crippen molar-refractivity contribution in [2.75, 3.05) is 23.3 Å². The van der Waals surface area contributed by atoms with E-state index in [4.69, 9.17) is 12.2 Å². The van der Waals surface area contributed by atoms with Crippen LogP contribution < -0.4 is 15.5 Å². The number of rotatable bonds is 4. The summed E-state index contributed by atoms with van der Waals surface area (Å²) in [7, 11) is 0. The molecule has 1 saturated heterocycles. The van der Waals surface area contributed by atoms with Crippen molar-refractivity contribution in [2.45, 2.75) is 38.9 Å². The summed E-state index contributed by atoms with van der Waals surface area (Å²) in [6.45, 7) is 6.47. The second kappa shape index (κ2) is 9.03. The first-order valence-corrected chi connectivity index (χ1v) is 10.2. The minimum atomic E-state index is -4.34. The highest BCUT2D eigenvalue weighted by Gasteiger charge is 2.30. The van der Waals surface area contributed by atoms with E-state index in [1.54, 1.807) is 0 Å². The summed E-state index contributed by atoms with van der Waals surface area (Å²) in [4.78, 5) is 2.42. The second-order valence-electron chi connectivity index (χ2n) is 7.68. The van der Waals surface area contributed by atoms with Crippen LogP contribution in [0.4, 0.5) is 24.5 Å². The predicted octanol–water partition coefficient (Wildman–Crippen LogP) is 5.99. The van der Waals surface area contributed by atoms with E-state index in [1.807, 2.05) is 6.92 Å². The molecule has 156 valence electrons.